The van der Waals surface area contributed by atoms with Gasteiger partial charge in [-0.25, -0.2) is 14.4 Å². The van der Waals surface area contributed by atoms with Crippen LogP contribution >= 0.6 is 0 Å². The quantitative estimate of drug-likeness (QED) is 0.690. The largest absolute Gasteiger partial charge is 0.486 e. The van der Waals surface area contributed by atoms with Crippen LogP contribution in [0.25, 0.3) is 0 Å². The van der Waals surface area contributed by atoms with Crippen LogP contribution in [0.5, 0.6) is 11.5 Å². The smallest absolute Gasteiger partial charge is 0.270 e. The summed E-state index contributed by atoms with van der Waals surface area (Å²) in [6, 6.07) is 13.0. The van der Waals surface area contributed by atoms with Gasteiger partial charge in [-0.15, -0.1) is 0 Å². The Kier molecular flexibility index (Phi) is 5.24. The highest BCUT2D eigenvalue weighted by atomic mass is 19.1. The fraction of sp³-hybridized carbons (Fsp3) is 0.190. The third-order valence-electron chi connectivity index (χ3n) is 4.25. The lowest BCUT2D eigenvalue weighted by Gasteiger charge is -2.19. The fourth-order valence-electron chi connectivity index (χ4n) is 2.87. The lowest BCUT2D eigenvalue weighted by Crippen LogP contribution is -2.24. The maximum absolute atomic E-state index is 13.0. The van der Waals surface area contributed by atoms with E-state index in [0.717, 1.165) is 11.3 Å². The van der Waals surface area contributed by atoms with E-state index in [0.29, 0.717) is 36.4 Å². The second-order valence-electron chi connectivity index (χ2n) is 6.51. The zero-order valence-corrected chi connectivity index (χ0v) is 15.7. The zero-order chi connectivity index (χ0) is 20.2. The predicted octanol–water partition coefficient (Wildman–Crippen LogP) is 3.37. The Morgan fingerprint density at radius 1 is 1.03 bits per heavy atom. The first kappa shape index (κ1) is 18.7. The number of nitrogens with one attached hydrogen (secondary N) is 2. The van der Waals surface area contributed by atoms with Gasteiger partial charge in [0.2, 0.25) is 5.95 Å². The molecule has 1 aromatic heterocycles. The molecule has 4 rings (SSSR count). The van der Waals surface area contributed by atoms with Crippen LogP contribution in [0.2, 0.25) is 0 Å². The molecule has 1 amide bonds. The van der Waals surface area contributed by atoms with Crippen molar-refractivity contribution < 1.29 is 18.7 Å². The molecule has 148 valence electrons. The molecule has 0 radical (unpaired) electrons. The van der Waals surface area contributed by atoms with Gasteiger partial charge < -0.3 is 20.1 Å². The Hall–Kier alpha value is -3.68. The van der Waals surface area contributed by atoms with Gasteiger partial charge in [-0.3, -0.25) is 4.79 Å². The molecule has 0 spiro atoms. The lowest BCUT2D eigenvalue weighted by atomic mass is 10.2. The normalized spacial score (nSPS) is 12.3. The number of aryl methyl sites for hydroxylation is 1. The molecule has 0 bridgehead atoms. The van der Waals surface area contributed by atoms with E-state index in [2.05, 4.69) is 20.6 Å². The minimum Gasteiger partial charge on any atom is -0.486 e. The maximum Gasteiger partial charge on any atom is 0.270 e. The monoisotopic (exact) mass is 394 g/mol. The Morgan fingerprint density at radius 2 is 1.79 bits per heavy atom. The van der Waals surface area contributed by atoms with Crippen molar-refractivity contribution in [2.24, 2.45) is 0 Å². The van der Waals surface area contributed by atoms with E-state index in [4.69, 9.17) is 9.47 Å². The third kappa shape index (κ3) is 4.60. The highest BCUT2D eigenvalue weighted by molar-refractivity contribution is 5.92. The number of carbonyl (C=O) groups excluding carboxylic acids is 1. The second-order valence-corrected chi connectivity index (χ2v) is 6.51. The number of amides is 1. The summed E-state index contributed by atoms with van der Waals surface area (Å²) >= 11 is 0. The number of halogens is 1. The number of hydrogen-bond acceptors (Lipinski definition) is 6. The first-order valence-electron chi connectivity index (χ1n) is 9.12. The number of rotatable bonds is 5. The first-order chi connectivity index (χ1) is 14.1. The van der Waals surface area contributed by atoms with E-state index in [1.54, 1.807) is 31.2 Å². The van der Waals surface area contributed by atoms with Crippen molar-refractivity contribution >= 4 is 17.5 Å². The van der Waals surface area contributed by atoms with E-state index in [9.17, 15) is 9.18 Å². The Morgan fingerprint density at radius 3 is 2.59 bits per heavy atom. The molecular formula is C21H19FN4O3. The predicted molar refractivity (Wildman–Crippen MR) is 105 cm³/mol. The summed E-state index contributed by atoms with van der Waals surface area (Å²) in [4.78, 5) is 21.1. The molecule has 2 N–H and O–H groups in total. The van der Waals surface area contributed by atoms with Gasteiger partial charge >= 0.3 is 0 Å². The summed E-state index contributed by atoms with van der Waals surface area (Å²) < 4.78 is 24.1. The van der Waals surface area contributed by atoms with E-state index >= 15 is 0 Å². The van der Waals surface area contributed by atoms with Gasteiger partial charge in [0.15, 0.2) is 11.5 Å². The highest BCUT2D eigenvalue weighted by Crippen LogP contribution is 2.33. The molecule has 2 heterocycles. The van der Waals surface area contributed by atoms with Crippen molar-refractivity contribution in [3.63, 3.8) is 0 Å². The minimum absolute atomic E-state index is 0.236. The van der Waals surface area contributed by atoms with Gasteiger partial charge in [0.25, 0.3) is 5.91 Å². The summed E-state index contributed by atoms with van der Waals surface area (Å²) in [5.41, 5.74) is 2.39. The second kappa shape index (κ2) is 8.14. The molecule has 0 fully saturated rings. The van der Waals surface area contributed by atoms with Crippen molar-refractivity contribution in [3.05, 3.63) is 71.3 Å². The standard InChI is InChI=1S/C21H19FN4O3/c1-13-10-17(20(27)23-12-14-2-4-15(22)5-3-14)26-21(24-13)25-16-6-7-18-19(11-16)29-9-8-28-18/h2-7,10-11H,8-9,12H2,1H3,(H,23,27)(H,24,25,26). The van der Waals surface area contributed by atoms with Gasteiger partial charge in [-0.05, 0) is 42.8 Å². The van der Waals surface area contributed by atoms with E-state index in [1.165, 1.54) is 12.1 Å². The van der Waals surface area contributed by atoms with Crippen molar-refractivity contribution in [1.82, 2.24) is 15.3 Å². The van der Waals surface area contributed by atoms with E-state index in [-0.39, 0.29) is 24.0 Å². The summed E-state index contributed by atoms with van der Waals surface area (Å²) in [6.45, 7) is 3.08. The van der Waals surface area contributed by atoms with Gasteiger partial charge in [0.05, 0.1) is 0 Å². The number of ether oxygens (including phenoxy) is 2. The summed E-state index contributed by atoms with van der Waals surface area (Å²) in [6.07, 6.45) is 0. The van der Waals surface area contributed by atoms with Crippen LogP contribution in [-0.2, 0) is 6.54 Å². The SMILES string of the molecule is Cc1cc(C(=O)NCc2ccc(F)cc2)nc(Nc2ccc3c(c2)OCCO3)n1. The van der Waals surface area contributed by atoms with E-state index < -0.39 is 0 Å². The van der Waals surface area contributed by atoms with Gasteiger partial charge in [-0.2, -0.15) is 0 Å². The molecule has 29 heavy (non-hydrogen) atoms. The van der Waals surface area contributed by atoms with Crippen molar-refractivity contribution in [2.75, 3.05) is 18.5 Å². The first-order valence-corrected chi connectivity index (χ1v) is 9.12. The number of aromatic nitrogens is 2. The van der Waals surface area contributed by atoms with Crippen LogP contribution in [-0.4, -0.2) is 29.1 Å². The van der Waals surface area contributed by atoms with Crippen molar-refractivity contribution in [3.8, 4) is 11.5 Å². The summed E-state index contributed by atoms with van der Waals surface area (Å²) in [5.74, 6) is 0.971. The molecule has 3 aromatic rings. The molecule has 1 aliphatic heterocycles. The molecule has 0 unspecified atom stereocenters. The van der Waals surface area contributed by atoms with Gasteiger partial charge in [0.1, 0.15) is 24.7 Å². The number of anilines is 2. The number of carbonyl (C=O) groups is 1. The minimum atomic E-state index is -0.343. The zero-order valence-electron chi connectivity index (χ0n) is 15.7. The molecule has 1 aliphatic rings. The Bertz CT molecular complexity index is 1040. The molecular weight excluding hydrogens is 375 g/mol. The van der Waals surface area contributed by atoms with E-state index in [1.807, 2.05) is 12.1 Å². The number of nitrogens with zero attached hydrogens (tertiary/aromatic N) is 2. The number of fused-ring (bicyclic) bond motifs is 1. The van der Waals surface area contributed by atoms with Crippen LogP contribution in [0, 0.1) is 12.7 Å². The van der Waals surface area contributed by atoms with Crippen LogP contribution < -0.4 is 20.1 Å². The Labute approximate surface area is 166 Å². The van der Waals surface area contributed by atoms with Crippen LogP contribution in [0.15, 0.2) is 48.5 Å². The number of hydrogen-bond donors (Lipinski definition) is 2. The topological polar surface area (TPSA) is 85.4 Å². The molecule has 0 saturated heterocycles. The molecule has 0 saturated carbocycles. The van der Waals surface area contributed by atoms with Crippen LogP contribution in [0.3, 0.4) is 0 Å². The Balaban J connectivity index is 1.47. The average molecular weight is 394 g/mol. The van der Waals surface area contributed by atoms with Crippen LogP contribution in [0.4, 0.5) is 16.0 Å². The molecule has 0 aliphatic carbocycles. The summed E-state index contributed by atoms with van der Waals surface area (Å²) in [7, 11) is 0. The summed E-state index contributed by atoms with van der Waals surface area (Å²) in [5, 5.41) is 5.87. The molecule has 8 heteroatoms. The fourth-order valence-corrected chi connectivity index (χ4v) is 2.87. The average Bonchev–Trinajstić information content (AvgIpc) is 2.72. The van der Waals surface area contributed by atoms with Gasteiger partial charge in [0, 0.05) is 24.0 Å². The van der Waals surface area contributed by atoms with Crippen molar-refractivity contribution in [1.29, 1.82) is 0 Å². The number of benzene rings is 2. The maximum atomic E-state index is 13.0. The van der Waals surface area contributed by atoms with Crippen LogP contribution in [0.1, 0.15) is 21.7 Å². The highest BCUT2D eigenvalue weighted by Gasteiger charge is 2.14. The van der Waals surface area contributed by atoms with Crippen molar-refractivity contribution in [2.45, 2.75) is 13.5 Å². The molecule has 2 aromatic carbocycles. The molecule has 0 atom stereocenters. The third-order valence-corrected chi connectivity index (χ3v) is 4.25. The molecule has 7 nitrogen and oxygen atoms in total. The van der Waals surface area contributed by atoms with Gasteiger partial charge in [-0.1, -0.05) is 12.1 Å². The lowest BCUT2D eigenvalue weighted by molar-refractivity contribution is 0.0945.